The lowest BCUT2D eigenvalue weighted by molar-refractivity contribution is 0.157. The average molecular weight is 264 g/mol. The molecule has 3 heteroatoms. The summed E-state index contributed by atoms with van der Waals surface area (Å²) in [5, 5.41) is 3.67. The van der Waals surface area contributed by atoms with Gasteiger partial charge < -0.3 is 10.1 Å². The van der Waals surface area contributed by atoms with Crippen molar-refractivity contribution in [3.05, 3.63) is 28.6 Å². The first-order valence-corrected chi connectivity index (χ1v) is 7.19. The molecular formula is C16H28N2O. The molecule has 1 rings (SSSR count). The number of rotatable bonds is 7. The van der Waals surface area contributed by atoms with Gasteiger partial charge >= 0.3 is 0 Å². The van der Waals surface area contributed by atoms with Gasteiger partial charge in [-0.15, -0.1) is 0 Å². The third-order valence-electron chi connectivity index (χ3n) is 3.51. The first-order chi connectivity index (χ1) is 8.99. The van der Waals surface area contributed by atoms with E-state index in [2.05, 4.69) is 44.1 Å². The SMILES string of the molecule is CCCC(COC)NC(C)c1c(C)cc(C)nc1C. The first kappa shape index (κ1) is 16.1. The van der Waals surface area contributed by atoms with Crippen molar-refractivity contribution in [2.45, 2.75) is 59.5 Å². The van der Waals surface area contributed by atoms with Gasteiger partial charge in [0.05, 0.1) is 6.61 Å². The third-order valence-corrected chi connectivity index (χ3v) is 3.51. The molecule has 0 aromatic carbocycles. The summed E-state index contributed by atoms with van der Waals surface area (Å²) in [5.74, 6) is 0. The maximum atomic E-state index is 5.29. The van der Waals surface area contributed by atoms with Gasteiger partial charge in [0.2, 0.25) is 0 Å². The Balaban J connectivity index is 2.84. The van der Waals surface area contributed by atoms with E-state index in [-0.39, 0.29) is 0 Å². The van der Waals surface area contributed by atoms with E-state index < -0.39 is 0 Å². The number of nitrogens with one attached hydrogen (secondary N) is 1. The quantitative estimate of drug-likeness (QED) is 0.819. The number of hydrogen-bond donors (Lipinski definition) is 1. The summed E-state index contributed by atoms with van der Waals surface area (Å²) in [4.78, 5) is 4.58. The Bertz CT molecular complexity index is 375. The van der Waals surface area contributed by atoms with Crippen molar-refractivity contribution in [2.24, 2.45) is 0 Å². The molecule has 19 heavy (non-hydrogen) atoms. The number of aromatic nitrogens is 1. The minimum Gasteiger partial charge on any atom is -0.383 e. The molecule has 0 aliphatic rings. The highest BCUT2D eigenvalue weighted by molar-refractivity contribution is 5.33. The number of nitrogens with zero attached hydrogens (tertiary/aromatic N) is 1. The van der Waals surface area contributed by atoms with Crippen molar-refractivity contribution in [2.75, 3.05) is 13.7 Å². The highest BCUT2D eigenvalue weighted by Gasteiger charge is 2.16. The van der Waals surface area contributed by atoms with E-state index in [1.54, 1.807) is 7.11 Å². The summed E-state index contributed by atoms with van der Waals surface area (Å²) in [7, 11) is 1.76. The molecule has 0 bridgehead atoms. The van der Waals surface area contributed by atoms with Crippen LogP contribution in [0.4, 0.5) is 0 Å². The predicted molar refractivity (Wildman–Crippen MR) is 80.6 cm³/mol. The van der Waals surface area contributed by atoms with Crippen LogP contribution in [0.25, 0.3) is 0 Å². The van der Waals surface area contributed by atoms with Crippen molar-refractivity contribution in [3.8, 4) is 0 Å². The van der Waals surface area contributed by atoms with E-state index >= 15 is 0 Å². The standard InChI is InChI=1S/C16H28N2O/c1-7-8-15(10-19-6)18-14(5)16-11(2)9-12(3)17-13(16)4/h9,14-15,18H,7-8,10H2,1-6H3. The Labute approximate surface area is 117 Å². The normalized spacial score (nSPS) is 14.4. The number of ether oxygens (including phenoxy) is 1. The summed E-state index contributed by atoms with van der Waals surface area (Å²) in [6.07, 6.45) is 2.30. The maximum Gasteiger partial charge on any atom is 0.0616 e. The van der Waals surface area contributed by atoms with E-state index in [0.29, 0.717) is 12.1 Å². The van der Waals surface area contributed by atoms with Crippen molar-refractivity contribution in [1.29, 1.82) is 0 Å². The molecule has 2 unspecified atom stereocenters. The van der Waals surface area contributed by atoms with Gasteiger partial charge in [0.25, 0.3) is 0 Å². The van der Waals surface area contributed by atoms with Crippen LogP contribution in [-0.2, 0) is 4.74 Å². The highest BCUT2D eigenvalue weighted by Crippen LogP contribution is 2.22. The largest absolute Gasteiger partial charge is 0.383 e. The topological polar surface area (TPSA) is 34.1 Å². The number of hydrogen-bond acceptors (Lipinski definition) is 3. The fourth-order valence-corrected chi connectivity index (χ4v) is 2.89. The Morgan fingerprint density at radius 3 is 2.53 bits per heavy atom. The van der Waals surface area contributed by atoms with Crippen molar-refractivity contribution in [1.82, 2.24) is 10.3 Å². The lowest BCUT2D eigenvalue weighted by atomic mass is 9.99. The molecule has 0 saturated carbocycles. The predicted octanol–water partition coefficient (Wildman–Crippen LogP) is 3.47. The van der Waals surface area contributed by atoms with Crippen LogP contribution in [0, 0.1) is 20.8 Å². The van der Waals surface area contributed by atoms with Gasteiger partial charge in [-0.3, -0.25) is 4.98 Å². The fraction of sp³-hybridized carbons (Fsp3) is 0.688. The monoisotopic (exact) mass is 264 g/mol. The van der Waals surface area contributed by atoms with Crippen molar-refractivity contribution >= 4 is 0 Å². The zero-order chi connectivity index (χ0) is 14.4. The molecule has 2 atom stereocenters. The molecule has 1 aromatic rings. The molecule has 0 radical (unpaired) electrons. The van der Waals surface area contributed by atoms with Crippen molar-refractivity contribution < 1.29 is 4.74 Å². The summed E-state index contributed by atoms with van der Waals surface area (Å²) in [6, 6.07) is 2.87. The van der Waals surface area contributed by atoms with Gasteiger partial charge in [-0.1, -0.05) is 13.3 Å². The summed E-state index contributed by atoms with van der Waals surface area (Å²) in [5.41, 5.74) is 4.86. The van der Waals surface area contributed by atoms with Gasteiger partial charge in [0.15, 0.2) is 0 Å². The molecule has 0 fully saturated rings. The summed E-state index contributed by atoms with van der Waals surface area (Å²) < 4.78 is 5.29. The van der Waals surface area contributed by atoms with Crippen molar-refractivity contribution in [3.63, 3.8) is 0 Å². The van der Waals surface area contributed by atoms with Gasteiger partial charge in [-0.25, -0.2) is 0 Å². The Kier molecular flexibility index (Phi) is 6.46. The van der Waals surface area contributed by atoms with Crippen LogP contribution in [0.1, 0.15) is 55.2 Å². The highest BCUT2D eigenvalue weighted by atomic mass is 16.5. The average Bonchev–Trinajstić information content (AvgIpc) is 2.27. The number of aryl methyl sites for hydroxylation is 3. The maximum absolute atomic E-state index is 5.29. The van der Waals surface area contributed by atoms with Crippen LogP contribution < -0.4 is 5.32 Å². The van der Waals surface area contributed by atoms with E-state index in [1.165, 1.54) is 11.1 Å². The van der Waals surface area contributed by atoms with Crippen LogP contribution in [0.3, 0.4) is 0 Å². The molecule has 1 heterocycles. The van der Waals surface area contributed by atoms with Crippen LogP contribution in [0.5, 0.6) is 0 Å². The minimum absolute atomic E-state index is 0.305. The third kappa shape index (κ3) is 4.59. The molecule has 1 N–H and O–H groups in total. The lowest BCUT2D eigenvalue weighted by Crippen LogP contribution is -2.35. The zero-order valence-corrected chi connectivity index (χ0v) is 13.2. The molecule has 0 saturated heterocycles. The zero-order valence-electron chi connectivity index (χ0n) is 13.2. The Morgan fingerprint density at radius 2 is 2.00 bits per heavy atom. The Hall–Kier alpha value is -0.930. The van der Waals surface area contributed by atoms with E-state index in [1.807, 2.05) is 6.92 Å². The van der Waals surface area contributed by atoms with Gasteiger partial charge in [0, 0.05) is 30.6 Å². The number of methoxy groups -OCH3 is 1. The summed E-state index contributed by atoms with van der Waals surface area (Å²) >= 11 is 0. The molecule has 0 aliphatic heterocycles. The molecule has 1 aromatic heterocycles. The van der Waals surface area contributed by atoms with E-state index in [0.717, 1.165) is 30.8 Å². The fourth-order valence-electron chi connectivity index (χ4n) is 2.89. The smallest absolute Gasteiger partial charge is 0.0616 e. The second kappa shape index (κ2) is 7.61. The molecule has 0 aliphatic carbocycles. The second-order valence-corrected chi connectivity index (χ2v) is 5.41. The summed E-state index contributed by atoms with van der Waals surface area (Å²) in [6.45, 7) is 11.5. The molecule has 3 nitrogen and oxygen atoms in total. The van der Waals surface area contributed by atoms with Crippen LogP contribution in [0.15, 0.2) is 6.07 Å². The van der Waals surface area contributed by atoms with E-state index in [9.17, 15) is 0 Å². The van der Waals surface area contributed by atoms with Gasteiger partial charge in [0.1, 0.15) is 0 Å². The van der Waals surface area contributed by atoms with Crippen LogP contribution >= 0.6 is 0 Å². The number of pyridine rings is 1. The lowest BCUT2D eigenvalue weighted by Gasteiger charge is -2.25. The van der Waals surface area contributed by atoms with Crippen LogP contribution in [0.2, 0.25) is 0 Å². The molecule has 108 valence electrons. The van der Waals surface area contributed by atoms with Gasteiger partial charge in [-0.05, 0) is 51.3 Å². The second-order valence-electron chi connectivity index (χ2n) is 5.41. The molecular weight excluding hydrogens is 236 g/mol. The van der Waals surface area contributed by atoms with E-state index in [4.69, 9.17) is 4.74 Å². The minimum atomic E-state index is 0.305. The van der Waals surface area contributed by atoms with Crippen LogP contribution in [-0.4, -0.2) is 24.7 Å². The molecule has 0 spiro atoms. The first-order valence-electron chi connectivity index (χ1n) is 7.19. The Morgan fingerprint density at radius 1 is 1.32 bits per heavy atom. The molecule has 0 amide bonds. The van der Waals surface area contributed by atoms with Gasteiger partial charge in [-0.2, -0.15) is 0 Å².